The Morgan fingerprint density at radius 2 is 1.92 bits per heavy atom. The zero-order valence-corrected chi connectivity index (χ0v) is 14.3. The molecule has 0 aliphatic carbocycles. The molecule has 1 aromatic carbocycles. The van der Waals surface area contributed by atoms with E-state index in [4.69, 9.17) is 0 Å². The number of ether oxygens (including phenoxy) is 1. The topological polar surface area (TPSA) is 53.6 Å². The van der Waals surface area contributed by atoms with Gasteiger partial charge >= 0.3 is 6.61 Å². The zero-order chi connectivity index (χ0) is 16.5. The van der Waals surface area contributed by atoms with Gasteiger partial charge in [-0.25, -0.2) is 0 Å². The van der Waals surface area contributed by atoms with Crippen molar-refractivity contribution in [3.63, 3.8) is 0 Å². The molecular weight excluding hydrogens is 340 g/mol. The van der Waals surface area contributed by atoms with Crippen molar-refractivity contribution in [1.82, 2.24) is 15.5 Å². The SMILES string of the molecule is Cl.O=C(CCc1ccc(OC(F)F)cc1)NCCN1CCNCC1. The molecule has 1 aliphatic rings. The predicted molar refractivity (Wildman–Crippen MR) is 91.0 cm³/mol. The van der Waals surface area contributed by atoms with Crippen LogP contribution in [0.15, 0.2) is 24.3 Å². The minimum Gasteiger partial charge on any atom is -0.435 e. The second-order valence-corrected chi connectivity index (χ2v) is 5.46. The van der Waals surface area contributed by atoms with Crippen molar-refractivity contribution in [2.45, 2.75) is 19.5 Å². The summed E-state index contributed by atoms with van der Waals surface area (Å²) in [7, 11) is 0. The average molecular weight is 364 g/mol. The molecule has 0 atom stereocenters. The fourth-order valence-corrected chi connectivity index (χ4v) is 2.47. The second-order valence-electron chi connectivity index (χ2n) is 5.46. The Bertz CT molecular complexity index is 483. The highest BCUT2D eigenvalue weighted by atomic mass is 35.5. The number of rotatable bonds is 8. The summed E-state index contributed by atoms with van der Waals surface area (Å²) in [5, 5.41) is 6.20. The Morgan fingerprint density at radius 3 is 2.54 bits per heavy atom. The molecule has 24 heavy (non-hydrogen) atoms. The van der Waals surface area contributed by atoms with Gasteiger partial charge in [0.1, 0.15) is 5.75 Å². The number of amides is 1. The first kappa shape index (κ1) is 20.6. The fourth-order valence-electron chi connectivity index (χ4n) is 2.47. The van der Waals surface area contributed by atoms with Gasteiger partial charge in [-0.05, 0) is 24.1 Å². The normalized spacial score (nSPS) is 15.0. The first-order chi connectivity index (χ1) is 11.1. The Balaban J connectivity index is 0.00000288. The molecule has 0 bridgehead atoms. The van der Waals surface area contributed by atoms with Crippen molar-refractivity contribution in [3.8, 4) is 5.75 Å². The molecular formula is C16H24ClF2N3O2. The summed E-state index contributed by atoms with van der Waals surface area (Å²) in [4.78, 5) is 14.1. The smallest absolute Gasteiger partial charge is 0.387 e. The second kappa shape index (κ2) is 11.2. The van der Waals surface area contributed by atoms with E-state index in [1.807, 2.05) is 0 Å². The lowest BCUT2D eigenvalue weighted by Gasteiger charge is -2.27. The van der Waals surface area contributed by atoms with E-state index in [2.05, 4.69) is 20.3 Å². The highest BCUT2D eigenvalue weighted by Gasteiger charge is 2.09. The maximum atomic E-state index is 12.0. The molecule has 0 aromatic heterocycles. The maximum Gasteiger partial charge on any atom is 0.387 e. The van der Waals surface area contributed by atoms with Crippen LogP contribution >= 0.6 is 12.4 Å². The van der Waals surface area contributed by atoms with Gasteiger partial charge in [-0.3, -0.25) is 9.69 Å². The number of hydrogen-bond acceptors (Lipinski definition) is 4. The van der Waals surface area contributed by atoms with E-state index >= 15 is 0 Å². The lowest BCUT2D eigenvalue weighted by Crippen LogP contribution is -2.46. The van der Waals surface area contributed by atoms with Gasteiger partial charge in [0.25, 0.3) is 0 Å². The highest BCUT2D eigenvalue weighted by Crippen LogP contribution is 2.15. The first-order valence-corrected chi connectivity index (χ1v) is 7.87. The Kier molecular flexibility index (Phi) is 9.59. The van der Waals surface area contributed by atoms with Crippen LogP contribution in [-0.2, 0) is 11.2 Å². The van der Waals surface area contributed by atoms with E-state index < -0.39 is 6.61 Å². The number of nitrogens with one attached hydrogen (secondary N) is 2. The average Bonchev–Trinajstić information content (AvgIpc) is 2.55. The Labute approximate surface area is 147 Å². The van der Waals surface area contributed by atoms with Gasteiger partial charge in [-0.15, -0.1) is 12.4 Å². The van der Waals surface area contributed by atoms with E-state index in [1.165, 1.54) is 12.1 Å². The van der Waals surface area contributed by atoms with Crippen LogP contribution in [0.1, 0.15) is 12.0 Å². The molecule has 1 heterocycles. The van der Waals surface area contributed by atoms with E-state index in [0.717, 1.165) is 38.3 Å². The fraction of sp³-hybridized carbons (Fsp3) is 0.562. The van der Waals surface area contributed by atoms with E-state index in [0.29, 0.717) is 19.4 Å². The third kappa shape index (κ3) is 7.90. The van der Waals surface area contributed by atoms with E-state index in [9.17, 15) is 13.6 Å². The van der Waals surface area contributed by atoms with Crippen molar-refractivity contribution in [2.24, 2.45) is 0 Å². The van der Waals surface area contributed by atoms with Crippen molar-refractivity contribution >= 4 is 18.3 Å². The molecule has 0 radical (unpaired) electrons. The highest BCUT2D eigenvalue weighted by molar-refractivity contribution is 5.85. The number of alkyl halides is 2. The Morgan fingerprint density at radius 1 is 1.25 bits per heavy atom. The molecule has 0 unspecified atom stereocenters. The number of aryl methyl sites for hydroxylation is 1. The predicted octanol–water partition coefficient (Wildman–Crippen LogP) is 1.66. The third-order valence-electron chi connectivity index (χ3n) is 3.75. The van der Waals surface area contributed by atoms with Crippen LogP contribution in [0, 0.1) is 0 Å². The molecule has 136 valence electrons. The minimum absolute atomic E-state index is 0. The quantitative estimate of drug-likeness (QED) is 0.737. The molecule has 1 aliphatic heterocycles. The molecule has 8 heteroatoms. The number of hydrogen-bond donors (Lipinski definition) is 2. The van der Waals surface area contributed by atoms with E-state index in [1.54, 1.807) is 12.1 Å². The Hall–Kier alpha value is -1.44. The van der Waals surface area contributed by atoms with Crippen molar-refractivity contribution in [3.05, 3.63) is 29.8 Å². The molecule has 1 aromatic rings. The molecule has 1 saturated heterocycles. The third-order valence-corrected chi connectivity index (χ3v) is 3.75. The van der Waals surface area contributed by atoms with Gasteiger partial charge in [0.15, 0.2) is 0 Å². The van der Waals surface area contributed by atoms with Crippen LogP contribution < -0.4 is 15.4 Å². The van der Waals surface area contributed by atoms with Gasteiger partial charge in [0.05, 0.1) is 0 Å². The van der Waals surface area contributed by atoms with Crippen LogP contribution in [-0.4, -0.2) is 56.7 Å². The van der Waals surface area contributed by atoms with Crippen LogP contribution in [0.5, 0.6) is 5.75 Å². The monoisotopic (exact) mass is 363 g/mol. The number of piperazine rings is 1. The summed E-state index contributed by atoms with van der Waals surface area (Å²) in [6.45, 7) is 2.74. The summed E-state index contributed by atoms with van der Waals surface area (Å²) in [6, 6.07) is 6.38. The number of nitrogens with zero attached hydrogens (tertiary/aromatic N) is 1. The van der Waals surface area contributed by atoms with Gasteiger partial charge in [0, 0.05) is 45.7 Å². The molecule has 2 N–H and O–H groups in total. The van der Waals surface area contributed by atoms with Gasteiger partial charge < -0.3 is 15.4 Å². The van der Waals surface area contributed by atoms with Crippen molar-refractivity contribution < 1.29 is 18.3 Å². The minimum atomic E-state index is -2.82. The largest absolute Gasteiger partial charge is 0.435 e. The van der Waals surface area contributed by atoms with Gasteiger partial charge in [0.2, 0.25) is 5.91 Å². The van der Waals surface area contributed by atoms with Crippen LogP contribution in [0.3, 0.4) is 0 Å². The molecule has 0 saturated carbocycles. The van der Waals surface area contributed by atoms with Crippen LogP contribution in [0.4, 0.5) is 8.78 Å². The summed E-state index contributed by atoms with van der Waals surface area (Å²) in [5.74, 6) is 0.136. The van der Waals surface area contributed by atoms with Crippen molar-refractivity contribution in [2.75, 3.05) is 39.3 Å². The van der Waals surface area contributed by atoms with Gasteiger partial charge in [-0.2, -0.15) is 8.78 Å². The lowest BCUT2D eigenvalue weighted by molar-refractivity contribution is -0.121. The van der Waals surface area contributed by atoms with Crippen molar-refractivity contribution in [1.29, 1.82) is 0 Å². The lowest BCUT2D eigenvalue weighted by atomic mass is 10.1. The molecule has 1 amide bonds. The zero-order valence-electron chi connectivity index (χ0n) is 13.5. The molecule has 0 spiro atoms. The molecule has 5 nitrogen and oxygen atoms in total. The number of carbonyl (C=O) groups is 1. The molecule has 1 fully saturated rings. The van der Waals surface area contributed by atoms with Crippen LogP contribution in [0.2, 0.25) is 0 Å². The summed E-state index contributed by atoms with van der Waals surface area (Å²) in [6.07, 6.45) is 0.963. The van der Waals surface area contributed by atoms with Crippen LogP contribution in [0.25, 0.3) is 0 Å². The molecule has 2 rings (SSSR count). The summed E-state index contributed by atoms with van der Waals surface area (Å²) >= 11 is 0. The van der Waals surface area contributed by atoms with Gasteiger partial charge in [-0.1, -0.05) is 12.1 Å². The van der Waals surface area contributed by atoms with E-state index in [-0.39, 0.29) is 24.1 Å². The summed E-state index contributed by atoms with van der Waals surface area (Å²) < 4.78 is 28.4. The standard InChI is InChI=1S/C16H23F2N3O2.ClH/c17-16(18)23-14-4-1-13(2-5-14)3-6-15(22)20-9-12-21-10-7-19-8-11-21;/h1-2,4-5,16,19H,3,6-12H2,(H,20,22);1H. The first-order valence-electron chi connectivity index (χ1n) is 7.87. The number of halogens is 3. The number of benzene rings is 1. The maximum absolute atomic E-state index is 12.0. The summed E-state index contributed by atoms with van der Waals surface area (Å²) in [5.41, 5.74) is 0.920. The number of carbonyl (C=O) groups excluding carboxylic acids is 1.